The molecule has 0 aliphatic carbocycles. The molecule has 0 aromatic rings. The molecule has 0 spiro atoms. The van der Waals surface area contributed by atoms with Gasteiger partial charge in [0.1, 0.15) is 18.0 Å². The van der Waals surface area contributed by atoms with Gasteiger partial charge in [0.2, 0.25) is 0 Å². The summed E-state index contributed by atoms with van der Waals surface area (Å²) >= 11 is 0. The van der Waals surface area contributed by atoms with Crippen LogP contribution in [0.1, 0.15) is 20.8 Å². The monoisotopic (exact) mass is 324 g/mol. The number of aliphatic carboxylic acids is 1. The summed E-state index contributed by atoms with van der Waals surface area (Å²) in [6.07, 6.45) is 5.02. The van der Waals surface area contributed by atoms with Crippen LogP contribution in [0.3, 0.4) is 0 Å². The van der Waals surface area contributed by atoms with Crippen molar-refractivity contribution in [1.29, 1.82) is 0 Å². The molecule has 0 saturated heterocycles. The van der Waals surface area contributed by atoms with Gasteiger partial charge < -0.3 is 25.6 Å². The van der Waals surface area contributed by atoms with Crippen LogP contribution in [-0.4, -0.2) is 35.4 Å². The molecule has 0 radical (unpaired) electrons. The summed E-state index contributed by atoms with van der Waals surface area (Å²) in [4.78, 5) is 22.9. The number of nitrogens with two attached hydrogens (primary N) is 1. The maximum atomic E-state index is 11.6. The number of rotatable bonds is 8. The van der Waals surface area contributed by atoms with Gasteiger partial charge in [-0.3, -0.25) is 0 Å². The molecule has 0 bridgehead atoms. The highest BCUT2D eigenvalue weighted by Crippen LogP contribution is 2.09. The van der Waals surface area contributed by atoms with E-state index in [-0.39, 0.29) is 18.1 Å². The third-order valence-electron chi connectivity index (χ3n) is 2.25. The van der Waals surface area contributed by atoms with E-state index in [0.717, 1.165) is 0 Å². The Labute approximate surface area is 136 Å². The number of carboxylic acids is 1. The largest absolute Gasteiger partial charge is 0.489 e. The van der Waals surface area contributed by atoms with Crippen LogP contribution in [-0.2, 0) is 14.3 Å². The van der Waals surface area contributed by atoms with Gasteiger partial charge in [-0.05, 0) is 32.9 Å². The van der Waals surface area contributed by atoms with Gasteiger partial charge in [-0.2, -0.15) is 0 Å². The topological polar surface area (TPSA) is 111 Å². The summed E-state index contributed by atoms with van der Waals surface area (Å²) < 4.78 is 10.4. The molecule has 1 atom stereocenters. The molecule has 0 saturated carbocycles. The Hall–Kier alpha value is -2.70. The average molecular weight is 324 g/mol. The van der Waals surface area contributed by atoms with Crippen molar-refractivity contribution in [3.63, 3.8) is 0 Å². The smallest absolute Gasteiger partial charge is 0.408 e. The van der Waals surface area contributed by atoms with Crippen molar-refractivity contribution in [3.05, 3.63) is 48.9 Å². The van der Waals surface area contributed by atoms with Gasteiger partial charge >= 0.3 is 12.1 Å². The number of amides is 1. The zero-order valence-corrected chi connectivity index (χ0v) is 13.7. The quantitative estimate of drug-likeness (QED) is 0.465. The highest BCUT2D eigenvalue weighted by molar-refractivity contribution is 5.80. The molecule has 23 heavy (non-hydrogen) atoms. The molecule has 0 unspecified atom stereocenters. The highest BCUT2D eigenvalue weighted by Gasteiger charge is 2.25. The molecule has 0 fully saturated rings. The fourth-order valence-corrected chi connectivity index (χ4v) is 1.34. The van der Waals surface area contributed by atoms with Crippen LogP contribution in [0.25, 0.3) is 0 Å². The Morgan fingerprint density at radius 3 is 2.26 bits per heavy atom. The molecular weight excluding hydrogens is 300 g/mol. The van der Waals surface area contributed by atoms with Gasteiger partial charge in [0, 0.05) is 0 Å². The standard InChI is InChI=1S/C16H24N2O5/c1-6-8-11(17)13(9-7-2)22-10-12(14(19)20)18-15(21)23-16(3,4)5/h6-9,12H,1-2,10,17H2,3-5H3,(H,18,21)(H,19,20)/b11-8+,13-9+/t12-/m0/s1. The second-order valence-corrected chi connectivity index (χ2v) is 5.47. The lowest BCUT2D eigenvalue weighted by molar-refractivity contribution is -0.140. The average Bonchev–Trinajstić information content (AvgIpc) is 2.39. The van der Waals surface area contributed by atoms with E-state index in [4.69, 9.17) is 20.3 Å². The second kappa shape index (κ2) is 9.34. The van der Waals surface area contributed by atoms with Gasteiger partial charge in [0.15, 0.2) is 6.04 Å². The predicted octanol–water partition coefficient (Wildman–Crippen LogP) is 2.08. The lowest BCUT2D eigenvalue weighted by atomic mass is 10.2. The van der Waals surface area contributed by atoms with Gasteiger partial charge in [0.25, 0.3) is 0 Å². The number of ether oxygens (including phenoxy) is 2. The fourth-order valence-electron chi connectivity index (χ4n) is 1.34. The summed E-state index contributed by atoms with van der Waals surface area (Å²) in [5.41, 5.74) is 5.26. The minimum Gasteiger partial charge on any atom is -0.489 e. The zero-order chi connectivity index (χ0) is 18.0. The van der Waals surface area contributed by atoms with Crippen LogP contribution in [0.2, 0.25) is 0 Å². The number of carbonyl (C=O) groups excluding carboxylic acids is 1. The van der Waals surface area contributed by atoms with Crippen molar-refractivity contribution in [3.8, 4) is 0 Å². The second-order valence-electron chi connectivity index (χ2n) is 5.47. The number of carboxylic acid groups (broad SMARTS) is 1. The molecule has 0 aromatic heterocycles. The molecule has 0 heterocycles. The number of hydrogen-bond acceptors (Lipinski definition) is 5. The van der Waals surface area contributed by atoms with Crippen molar-refractivity contribution in [1.82, 2.24) is 5.32 Å². The van der Waals surface area contributed by atoms with Crippen LogP contribution in [0, 0.1) is 0 Å². The summed E-state index contributed by atoms with van der Waals surface area (Å²) in [6.45, 7) is 11.7. The maximum Gasteiger partial charge on any atom is 0.408 e. The Balaban J connectivity index is 4.88. The van der Waals surface area contributed by atoms with E-state index < -0.39 is 23.7 Å². The van der Waals surface area contributed by atoms with E-state index in [9.17, 15) is 9.59 Å². The van der Waals surface area contributed by atoms with Gasteiger partial charge in [-0.1, -0.05) is 25.3 Å². The number of carbonyl (C=O) groups is 2. The third kappa shape index (κ3) is 9.02. The Morgan fingerprint density at radius 1 is 1.26 bits per heavy atom. The first-order valence-electron chi connectivity index (χ1n) is 6.87. The van der Waals surface area contributed by atoms with Crippen LogP contribution in [0.15, 0.2) is 48.9 Å². The Kier molecular flexibility index (Phi) is 8.25. The van der Waals surface area contributed by atoms with Crippen LogP contribution in [0.4, 0.5) is 4.79 Å². The van der Waals surface area contributed by atoms with Crippen molar-refractivity contribution in [2.75, 3.05) is 6.61 Å². The Morgan fingerprint density at radius 2 is 1.83 bits per heavy atom. The summed E-state index contributed by atoms with van der Waals surface area (Å²) in [5, 5.41) is 11.4. The number of allylic oxidation sites excluding steroid dienone is 4. The normalized spacial score (nSPS) is 13.7. The van der Waals surface area contributed by atoms with E-state index in [0.29, 0.717) is 0 Å². The molecule has 0 aliphatic rings. The molecule has 1 amide bonds. The summed E-state index contributed by atoms with van der Waals surface area (Å²) in [7, 11) is 0. The lowest BCUT2D eigenvalue weighted by Crippen LogP contribution is -2.46. The SMILES string of the molecule is C=C/C=C(N)\C(=C/C=C)OC[C@H](NC(=O)OC(C)(C)C)C(=O)O. The van der Waals surface area contributed by atoms with Crippen molar-refractivity contribution in [2.45, 2.75) is 32.4 Å². The van der Waals surface area contributed by atoms with Crippen LogP contribution >= 0.6 is 0 Å². The van der Waals surface area contributed by atoms with Gasteiger partial charge in [0.05, 0.1) is 5.70 Å². The molecule has 0 aromatic carbocycles. The van der Waals surface area contributed by atoms with Crippen molar-refractivity contribution < 1.29 is 24.2 Å². The summed E-state index contributed by atoms with van der Waals surface area (Å²) in [5.74, 6) is -1.04. The molecular formula is C16H24N2O5. The minimum atomic E-state index is -1.30. The molecule has 128 valence electrons. The first-order valence-corrected chi connectivity index (χ1v) is 6.87. The molecule has 4 N–H and O–H groups in total. The van der Waals surface area contributed by atoms with E-state index in [1.54, 1.807) is 20.8 Å². The lowest BCUT2D eigenvalue weighted by Gasteiger charge is -2.22. The van der Waals surface area contributed by atoms with E-state index in [1.807, 2.05) is 0 Å². The molecule has 0 aliphatic heterocycles. The Bertz CT molecular complexity index is 515. The number of hydrogen-bond donors (Lipinski definition) is 3. The van der Waals surface area contributed by atoms with Crippen molar-refractivity contribution >= 4 is 12.1 Å². The van der Waals surface area contributed by atoms with E-state index in [2.05, 4.69) is 18.5 Å². The maximum absolute atomic E-state index is 11.6. The van der Waals surface area contributed by atoms with Crippen LogP contribution < -0.4 is 11.1 Å². The van der Waals surface area contributed by atoms with E-state index in [1.165, 1.54) is 24.3 Å². The van der Waals surface area contributed by atoms with Gasteiger partial charge in [-0.25, -0.2) is 9.59 Å². The number of nitrogens with one attached hydrogen (secondary N) is 1. The summed E-state index contributed by atoms with van der Waals surface area (Å²) in [6, 6.07) is -1.30. The molecule has 7 heteroatoms. The third-order valence-corrected chi connectivity index (χ3v) is 2.25. The highest BCUT2D eigenvalue weighted by atomic mass is 16.6. The van der Waals surface area contributed by atoms with Crippen molar-refractivity contribution in [2.24, 2.45) is 5.73 Å². The zero-order valence-electron chi connectivity index (χ0n) is 13.7. The molecule has 0 rings (SSSR count). The first kappa shape index (κ1) is 20.3. The van der Waals surface area contributed by atoms with Gasteiger partial charge in [-0.15, -0.1) is 0 Å². The minimum absolute atomic E-state index is 0.220. The van der Waals surface area contributed by atoms with E-state index >= 15 is 0 Å². The first-order chi connectivity index (χ1) is 10.6. The predicted molar refractivity (Wildman–Crippen MR) is 87.5 cm³/mol. The number of alkyl carbamates (subject to hydrolysis) is 1. The molecule has 7 nitrogen and oxygen atoms in total. The van der Waals surface area contributed by atoms with Crippen LogP contribution in [0.5, 0.6) is 0 Å². The fraction of sp³-hybridized carbons (Fsp3) is 0.375.